The van der Waals surface area contributed by atoms with E-state index in [0.717, 1.165) is 62.1 Å². The van der Waals surface area contributed by atoms with Gasteiger partial charge in [-0.3, -0.25) is 9.80 Å². The second kappa shape index (κ2) is 13.3. The van der Waals surface area contributed by atoms with Crippen LogP contribution >= 0.6 is 0 Å². The van der Waals surface area contributed by atoms with E-state index in [1.807, 2.05) is 24.3 Å². The standard InChI is InChI=1S/C22H30N2O4.C2H2O4/c1-25-19-8-6-5-7-17(19)15-23-9-11-24(12-10-23)16-18-13-21(27-3)22(28-4)14-20(18)26-2;3-1(4)2(5)6/h5-8,13-14H,9-12,15-16H2,1-4H3;(H,3,4)(H,5,6). The summed E-state index contributed by atoms with van der Waals surface area (Å²) in [6.45, 7) is 5.80. The van der Waals surface area contributed by atoms with Crippen LogP contribution in [-0.4, -0.2) is 86.6 Å². The van der Waals surface area contributed by atoms with Crippen molar-refractivity contribution in [2.45, 2.75) is 13.1 Å². The maximum absolute atomic E-state index is 9.10. The molecule has 1 aliphatic rings. The molecule has 0 radical (unpaired) electrons. The molecular formula is C24H32N2O8. The van der Waals surface area contributed by atoms with E-state index in [-0.39, 0.29) is 0 Å². The van der Waals surface area contributed by atoms with Crippen molar-refractivity contribution in [3.63, 3.8) is 0 Å². The fourth-order valence-corrected chi connectivity index (χ4v) is 3.64. The van der Waals surface area contributed by atoms with E-state index < -0.39 is 11.9 Å². The van der Waals surface area contributed by atoms with E-state index in [1.54, 1.807) is 28.4 Å². The number of aliphatic carboxylic acids is 2. The Bertz CT molecular complexity index is 946. The first-order valence-electron chi connectivity index (χ1n) is 10.6. The smallest absolute Gasteiger partial charge is 0.414 e. The molecule has 3 rings (SSSR count). The van der Waals surface area contributed by atoms with E-state index >= 15 is 0 Å². The van der Waals surface area contributed by atoms with Gasteiger partial charge in [-0.25, -0.2) is 9.59 Å². The molecule has 0 spiro atoms. The number of rotatable bonds is 8. The zero-order chi connectivity index (χ0) is 25.1. The minimum Gasteiger partial charge on any atom is -0.496 e. The number of hydrogen-bond acceptors (Lipinski definition) is 8. The number of hydrogen-bond donors (Lipinski definition) is 2. The third-order valence-corrected chi connectivity index (χ3v) is 5.41. The third-order valence-electron chi connectivity index (χ3n) is 5.41. The predicted molar refractivity (Wildman–Crippen MR) is 125 cm³/mol. The normalized spacial score (nSPS) is 13.9. The number of carbonyl (C=O) groups is 2. The van der Waals surface area contributed by atoms with E-state index in [0.29, 0.717) is 5.75 Å². The Labute approximate surface area is 199 Å². The molecule has 0 atom stereocenters. The van der Waals surface area contributed by atoms with Gasteiger partial charge < -0.3 is 29.2 Å². The molecule has 0 unspecified atom stereocenters. The summed E-state index contributed by atoms with van der Waals surface area (Å²) in [6, 6.07) is 12.1. The van der Waals surface area contributed by atoms with Gasteiger partial charge in [-0.05, 0) is 12.1 Å². The molecule has 0 amide bonds. The highest BCUT2D eigenvalue weighted by molar-refractivity contribution is 6.27. The highest BCUT2D eigenvalue weighted by atomic mass is 16.5. The predicted octanol–water partition coefficient (Wildman–Crippen LogP) is 2.19. The Kier molecular flexibility index (Phi) is 10.4. The number of para-hydroxylation sites is 1. The second-order valence-electron chi connectivity index (χ2n) is 7.49. The lowest BCUT2D eigenvalue weighted by atomic mass is 10.1. The van der Waals surface area contributed by atoms with Gasteiger partial charge in [0.1, 0.15) is 11.5 Å². The van der Waals surface area contributed by atoms with Crippen LogP contribution in [0.5, 0.6) is 23.0 Å². The van der Waals surface area contributed by atoms with Gasteiger partial charge in [0, 0.05) is 56.5 Å². The summed E-state index contributed by atoms with van der Waals surface area (Å²) in [5.41, 5.74) is 2.35. The monoisotopic (exact) mass is 476 g/mol. The molecular weight excluding hydrogens is 444 g/mol. The third kappa shape index (κ3) is 7.53. The van der Waals surface area contributed by atoms with Gasteiger partial charge in [-0.1, -0.05) is 18.2 Å². The van der Waals surface area contributed by atoms with Crippen LogP contribution in [0.1, 0.15) is 11.1 Å². The molecule has 0 bridgehead atoms. The molecule has 186 valence electrons. The summed E-state index contributed by atoms with van der Waals surface area (Å²) in [4.78, 5) is 23.1. The number of carboxylic acids is 2. The maximum atomic E-state index is 9.10. The average Bonchev–Trinajstić information content (AvgIpc) is 2.85. The largest absolute Gasteiger partial charge is 0.496 e. The molecule has 2 aromatic rings. The van der Waals surface area contributed by atoms with Gasteiger partial charge >= 0.3 is 11.9 Å². The average molecular weight is 477 g/mol. The lowest BCUT2D eigenvalue weighted by Gasteiger charge is -2.35. The zero-order valence-corrected chi connectivity index (χ0v) is 19.9. The Morgan fingerprint density at radius 3 is 1.59 bits per heavy atom. The molecule has 1 saturated heterocycles. The zero-order valence-electron chi connectivity index (χ0n) is 19.9. The molecule has 1 fully saturated rings. The Morgan fingerprint density at radius 2 is 1.12 bits per heavy atom. The van der Waals surface area contributed by atoms with Crippen molar-refractivity contribution in [1.29, 1.82) is 0 Å². The number of benzene rings is 2. The van der Waals surface area contributed by atoms with Crippen molar-refractivity contribution in [3.05, 3.63) is 47.5 Å². The summed E-state index contributed by atoms with van der Waals surface area (Å²) in [7, 11) is 6.71. The number of piperazine rings is 1. The Morgan fingerprint density at radius 1 is 0.676 bits per heavy atom. The number of nitrogens with zero attached hydrogens (tertiary/aromatic N) is 2. The fourth-order valence-electron chi connectivity index (χ4n) is 3.64. The van der Waals surface area contributed by atoms with Crippen molar-refractivity contribution in [2.24, 2.45) is 0 Å². The first kappa shape index (κ1) is 26.7. The van der Waals surface area contributed by atoms with Crippen LogP contribution in [0, 0.1) is 0 Å². The van der Waals surface area contributed by atoms with Crippen molar-refractivity contribution in [1.82, 2.24) is 9.80 Å². The SMILES string of the molecule is COc1ccccc1CN1CCN(Cc2cc(OC)c(OC)cc2OC)CC1.O=C(O)C(=O)O. The summed E-state index contributed by atoms with van der Waals surface area (Å²) < 4.78 is 21.9. The van der Waals surface area contributed by atoms with Gasteiger partial charge in [0.25, 0.3) is 0 Å². The lowest BCUT2D eigenvalue weighted by molar-refractivity contribution is -0.159. The minimum absolute atomic E-state index is 0.685. The minimum atomic E-state index is -1.82. The number of carboxylic acid groups (broad SMARTS) is 2. The summed E-state index contributed by atoms with van der Waals surface area (Å²) in [6.07, 6.45) is 0. The van der Waals surface area contributed by atoms with Crippen LogP contribution in [-0.2, 0) is 22.7 Å². The van der Waals surface area contributed by atoms with Crippen molar-refractivity contribution in [2.75, 3.05) is 54.6 Å². The highest BCUT2D eigenvalue weighted by Crippen LogP contribution is 2.35. The highest BCUT2D eigenvalue weighted by Gasteiger charge is 2.20. The molecule has 2 N–H and O–H groups in total. The molecule has 10 nitrogen and oxygen atoms in total. The van der Waals surface area contributed by atoms with Crippen LogP contribution in [0.15, 0.2) is 36.4 Å². The quantitative estimate of drug-likeness (QED) is 0.549. The Hall–Kier alpha value is -3.50. The van der Waals surface area contributed by atoms with E-state index in [2.05, 4.69) is 21.9 Å². The van der Waals surface area contributed by atoms with Crippen molar-refractivity contribution in [3.8, 4) is 23.0 Å². The van der Waals surface area contributed by atoms with Crippen LogP contribution < -0.4 is 18.9 Å². The molecule has 0 aliphatic carbocycles. The van der Waals surface area contributed by atoms with Crippen molar-refractivity contribution < 1.29 is 38.7 Å². The fraction of sp³-hybridized carbons (Fsp3) is 0.417. The van der Waals surface area contributed by atoms with Crippen LogP contribution in [0.4, 0.5) is 0 Å². The lowest BCUT2D eigenvalue weighted by Crippen LogP contribution is -2.45. The first-order chi connectivity index (χ1) is 16.3. The van der Waals surface area contributed by atoms with Crippen LogP contribution in [0.3, 0.4) is 0 Å². The van der Waals surface area contributed by atoms with Gasteiger partial charge in [0.05, 0.1) is 28.4 Å². The molecule has 2 aromatic carbocycles. The van der Waals surface area contributed by atoms with Gasteiger partial charge in [-0.15, -0.1) is 0 Å². The summed E-state index contributed by atoms with van der Waals surface area (Å²) >= 11 is 0. The molecule has 34 heavy (non-hydrogen) atoms. The summed E-state index contributed by atoms with van der Waals surface area (Å²) in [5.74, 6) is -0.447. The molecule has 10 heteroatoms. The van der Waals surface area contributed by atoms with Gasteiger partial charge in [-0.2, -0.15) is 0 Å². The summed E-state index contributed by atoms with van der Waals surface area (Å²) in [5, 5.41) is 14.8. The number of methoxy groups -OCH3 is 4. The molecule has 0 saturated carbocycles. The Balaban J connectivity index is 0.000000604. The van der Waals surface area contributed by atoms with E-state index in [4.69, 9.17) is 38.7 Å². The van der Waals surface area contributed by atoms with E-state index in [1.165, 1.54) is 5.56 Å². The molecule has 0 aromatic heterocycles. The van der Waals surface area contributed by atoms with Gasteiger partial charge in [0.15, 0.2) is 11.5 Å². The van der Waals surface area contributed by atoms with E-state index in [9.17, 15) is 0 Å². The molecule has 1 heterocycles. The van der Waals surface area contributed by atoms with Gasteiger partial charge in [0.2, 0.25) is 0 Å². The van der Waals surface area contributed by atoms with Crippen molar-refractivity contribution >= 4 is 11.9 Å². The molecule has 1 aliphatic heterocycles. The maximum Gasteiger partial charge on any atom is 0.414 e. The number of ether oxygens (including phenoxy) is 4. The van der Waals surface area contributed by atoms with Crippen LogP contribution in [0.25, 0.3) is 0 Å². The topological polar surface area (TPSA) is 118 Å². The second-order valence-corrected chi connectivity index (χ2v) is 7.49. The first-order valence-corrected chi connectivity index (χ1v) is 10.6. The van der Waals surface area contributed by atoms with Crippen LogP contribution in [0.2, 0.25) is 0 Å².